The molecule has 4 nitrogen and oxygen atoms in total. The number of para-hydroxylation sites is 1. The van der Waals surface area contributed by atoms with E-state index in [0.717, 1.165) is 24.3 Å². The second-order valence-electron chi connectivity index (χ2n) is 5.42. The summed E-state index contributed by atoms with van der Waals surface area (Å²) < 4.78 is 16.3. The van der Waals surface area contributed by atoms with E-state index in [0.29, 0.717) is 23.1 Å². The Morgan fingerprint density at radius 2 is 2.04 bits per heavy atom. The van der Waals surface area contributed by atoms with Crippen LogP contribution >= 0.6 is 11.6 Å². The van der Waals surface area contributed by atoms with E-state index in [9.17, 15) is 0 Å². The van der Waals surface area contributed by atoms with Crippen molar-refractivity contribution in [1.82, 2.24) is 5.32 Å². The summed E-state index contributed by atoms with van der Waals surface area (Å²) >= 11 is 6.26. The molecule has 0 fully saturated rings. The van der Waals surface area contributed by atoms with Crippen LogP contribution in [-0.2, 0) is 6.54 Å². The molecule has 23 heavy (non-hydrogen) atoms. The molecule has 0 aromatic heterocycles. The standard InChI is InChI=1S/C18H20ClNO3/c1-21-17-10-12(9-14(19)18(17)22-2)11-20-15-7-8-23-16-6-4-3-5-13(15)16/h3-6,9-10,15,20H,7-8,11H2,1-2H3. The lowest BCUT2D eigenvalue weighted by molar-refractivity contribution is 0.252. The molecular weight excluding hydrogens is 314 g/mol. The van der Waals surface area contributed by atoms with E-state index in [1.807, 2.05) is 30.3 Å². The number of hydrogen-bond acceptors (Lipinski definition) is 4. The van der Waals surface area contributed by atoms with Crippen LogP contribution in [-0.4, -0.2) is 20.8 Å². The van der Waals surface area contributed by atoms with E-state index >= 15 is 0 Å². The maximum atomic E-state index is 6.26. The summed E-state index contributed by atoms with van der Waals surface area (Å²) in [5.41, 5.74) is 2.25. The zero-order valence-electron chi connectivity index (χ0n) is 13.3. The summed E-state index contributed by atoms with van der Waals surface area (Å²) in [6.45, 7) is 1.42. The summed E-state index contributed by atoms with van der Waals surface area (Å²) in [7, 11) is 3.20. The number of halogens is 1. The number of benzene rings is 2. The largest absolute Gasteiger partial charge is 0.493 e. The monoisotopic (exact) mass is 333 g/mol. The van der Waals surface area contributed by atoms with Gasteiger partial charge in [-0.2, -0.15) is 0 Å². The summed E-state index contributed by atoms with van der Waals surface area (Å²) in [5.74, 6) is 2.17. The normalized spacial score (nSPS) is 16.4. The third-order valence-electron chi connectivity index (χ3n) is 4.00. The van der Waals surface area contributed by atoms with Crippen LogP contribution in [0.25, 0.3) is 0 Å². The Labute approximate surface area is 141 Å². The van der Waals surface area contributed by atoms with Gasteiger partial charge in [0.1, 0.15) is 5.75 Å². The Morgan fingerprint density at radius 1 is 1.22 bits per heavy atom. The Bertz CT molecular complexity index is 690. The average molecular weight is 334 g/mol. The molecule has 0 aliphatic carbocycles. The average Bonchev–Trinajstić information content (AvgIpc) is 2.59. The van der Waals surface area contributed by atoms with Crippen LogP contribution in [0.5, 0.6) is 17.2 Å². The van der Waals surface area contributed by atoms with Gasteiger partial charge in [-0.25, -0.2) is 0 Å². The van der Waals surface area contributed by atoms with Crippen molar-refractivity contribution in [3.8, 4) is 17.2 Å². The van der Waals surface area contributed by atoms with Crippen molar-refractivity contribution in [3.05, 3.63) is 52.5 Å². The molecule has 0 saturated carbocycles. The predicted octanol–water partition coefficient (Wildman–Crippen LogP) is 3.97. The van der Waals surface area contributed by atoms with Crippen LogP contribution in [0.15, 0.2) is 36.4 Å². The number of ether oxygens (including phenoxy) is 3. The van der Waals surface area contributed by atoms with Crippen LogP contribution in [0.3, 0.4) is 0 Å². The van der Waals surface area contributed by atoms with Crippen LogP contribution in [0.1, 0.15) is 23.6 Å². The van der Waals surface area contributed by atoms with E-state index in [2.05, 4.69) is 11.4 Å². The van der Waals surface area contributed by atoms with Crippen molar-refractivity contribution < 1.29 is 14.2 Å². The van der Waals surface area contributed by atoms with Crippen LogP contribution in [0, 0.1) is 0 Å². The van der Waals surface area contributed by atoms with Gasteiger partial charge in [-0.3, -0.25) is 0 Å². The molecule has 0 saturated heterocycles. The highest BCUT2D eigenvalue weighted by molar-refractivity contribution is 6.32. The fourth-order valence-electron chi connectivity index (χ4n) is 2.87. The van der Waals surface area contributed by atoms with E-state index < -0.39 is 0 Å². The number of fused-ring (bicyclic) bond motifs is 1. The van der Waals surface area contributed by atoms with Gasteiger partial charge in [0, 0.05) is 24.6 Å². The molecule has 2 aromatic rings. The highest BCUT2D eigenvalue weighted by atomic mass is 35.5. The fourth-order valence-corrected chi connectivity index (χ4v) is 3.18. The topological polar surface area (TPSA) is 39.7 Å². The second kappa shape index (κ2) is 7.11. The van der Waals surface area contributed by atoms with Crippen molar-refractivity contribution in [3.63, 3.8) is 0 Å². The maximum absolute atomic E-state index is 6.26. The Balaban J connectivity index is 1.76. The molecule has 1 N–H and O–H groups in total. The number of rotatable bonds is 5. The second-order valence-corrected chi connectivity index (χ2v) is 5.83. The van der Waals surface area contributed by atoms with Gasteiger partial charge in [-0.05, 0) is 23.8 Å². The Hall–Kier alpha value is -1.91. The van der Waals surface area contributed by atoms with Gasteiger partial charge in [0.25, 0.3) is 0 Å². The van der Waals surface area contributed by atoms with E-state index in [1.54, 1.807) is 14.2 Å². The first kappa shape index (κ1) is 16.0. The van der Waals surface area contributed by atoms with Crippen LogP contribution < -0.4 is 19.5 Å². The maximum Gasteiger partial charge on any atom is 0.179 e. The van der Waals surface area contributed by atoms with Gasteiger partial charge in [0.15, 0.2) is 11.5 Å². The molecular formula is C18H20ClNO3. The molecule has 1 aliphatic heterocycles. The van der Waals surface area contributed by atoms with Crippen molar-refractivity contribution in [1.29, 1.82) is 0 Å². The van der Waals surface area contributed by atoms with Crippen molar-refractivity contribution in [2.45, 2.75) is 19.0 Å². The molecule has 5 heteroatoms. The Morgan fingerprint density at radius 3 is 2.83 bits per heavy atom. The minimum Gasteiger partial charge on any atom is -0.493 e. The third kappa shape index (κ3) is 3.38. The SMILES string of the molecule is COc1cc(CNC2CCOc3ccccc32)cc(Cl)c1OC. The highest BCUT2D eigenvalue weighted by Crippen LogP contribution is 2.36. The smallest absolute Gasteiger partial charge is 0.179 e. The van der Waals surface area contributed by atoms with Gasteiger partial charge in [0.05, 0.1) is 25.8 Å². The zero-order chi connectivity index (χ0) is 16.2. The molecule has 1 unspecified atom stereocenters. The number of nitrogens with one attached hydrogen (secondary N) is 1. The van der Waals surface area contributed by atoms with Gasteiger partial charge < -0.3 is 19.5 Å². The summed E-state index contributed by atoms with van der Waals surface area (Å²) in [4.78, 5) is 0. The molecule has 1 atom stereocenters. The minimum absolute atomic E-state index is 0.270. The van der Waals surface area contributed by atoms with E-state index in [4.69, 9.17) is 25.8 Å². The predicted molar refractivity (Wildman–Crippen MR) is 90.7 cm³/mol. The first-order chi connectivity index (χ1) is 11.2. The molecule has 0 radical (unpaired) electrons. The highest BCUT2D eigenvalue weighted by Gasteiger charge is 2.20. The van der Waals surface area contributed by atoms with Crippen molar-refractivity contribution in [2.75, 3.05) is 20.8 Å². The van der Waals surface area contributed by atoms with Crippen LogP contribution in [0.4, 0.5) is 0 Å². The molecule has 122 valence electrons. The molecule has 0 spiro atoms. The number of methoxy groups -OCH3 is 2. The minimum atomic E-state index is 0.270. The molecule has 0 bridgehead atoms. The fraction of sp³-hybridized carbons (Fsp3) is 0.333. The lowest BCUT2D eigenvalue weighted by Crippen LogP contribution is -2.26. The summed E-state index contributed by atoms with van der Waals surface area (Å²) in [6, 6.07) is 12.3. The first-order valence-corrected chi connectivity index (χ1v) is 7.96. The molecule has 0 amide bonds. The lowest BCUT2D eigenvalue weighted by Gasteiger charge is -2.27. The van der Waals surface area contributed by atoms with Crippen molar-refractivity contribution in [2.24, 2.45) is 0 Å². The lowest BCUT2D eigenvalue weighted by atomic mass is 10.0. The molecule has 3 rings (SSSR count). The van der Waals surface area contributed by atoms with E-state index in [1.165, 1.54) is 5.56 Å². The quantitative estimate of drug-likeness (QED) is 0.898. The van der Waals surface area contributed by atoms with Gasteiger partial charge in [-0.1, -0.05) is 29.8 Å². The summed E-state index contributed by atoms with van der Waals surface area (Å²) in [5, 5.41) is 4.13. The van der Waals surface area contributed by atoms with Crippen molar-refractivity contribution >= 4 is 11.6 Å². The summed E-state index contributed by atoms with van der Waals surface area (Å²) in [6.07, 6.45) is 0.942. The zero-order valence-corrected chi connectivity index (χ0v) is 14.0. The van der Waals surface area contributed by atoms with Crippen LogP contribution in [0.2, 0.25) is 5.02 Å². The molecule has 1 heterocycles. The van der Waals surface area contributed by atoms with Gasteiger partial charge >= 0.3 is 0 Å². The van der Waals surface area contributed by atoms with Gasteiger partial charge in [0.2, 0.25) is 0 Å². The van der Waals surface area contributed by atoms with Gasteiger partial charge in [-0.15, -0.1) is 0 Å². The Kier molecular flexibility index (Phi) is 4.94. The van der Waals surface area contributed by atoms with E-state index in [-0.39, 0.29) is 6.04 Å². The first-order valence-electron chi connectivity index (χ1n) is 7.58. The third-order valence-corrected chi connectivity index (χ3v) is 4.29. The number of hydrogen-bond donors (Lipinski definition) is 1. The molecule has 1 aliphatic rings. The molecule has 2 aromatic carbocycles.